The molecule has 2 N–H and O–H groups in total. The van der Waals surface area contributed by atoms with Gasteiger partial charge in [0.2, 0.25) is 0 Å². The van der Waals surface area contributed by atoms with Gasteiger partial charge in [0.25, 0.3) is 0 Å². The molecule has 0 saturated heterocycles. The molecule has 0 spiro atoms. The minimum absolute atomic E-state index is 0.266. The zero-order valence-corrected chi connectivity index (χ0v) is 9.41. The van der Waals surface area contributed by atoms with Crippen LogP contribution >= 0.6 is 0 Å². The molecule has 90 valence electrons. The van der Waals surface area contributed by atoms with Gasteiger partial charge in [-0.25, -0.2) is 8.78 Å². The van der Waals surface area contributed by atoms with Crippen molar-refractivity contribution in [2.45, 2.75) is 19.4 Å². The summed E-state index contributed by atoms with van der Waals surface area (Å²) in [6, 6.07) is 4.48. The molecule has 0 fully saturated rings. The fraction of sp³-hybridized carbons (Fsp3) is 0.231. The molecule has 1 unspecified atom stereocenters. The van der Waals surface area contributed by atoms with E-state index in [-0.39, 0.29) is 5.56 Å². The van der Waals surface area contributed by atoms with Crippen molar-refractivity contribution in [1.82, 2.24) is 0 Å². The second kappa shape index (κ2) is 4.67. The molecule has 1 heterocycles. The van der Waals surface area contributed by atoms with Crippen LogP contribution < -0.4 is 5.73 Å². The first-order chi connectivity index (χ1) is 8.13. The van der Waals surface area contributed by atoms with Crippen LogP contribution in [0, 0.1) is 11.6 Å². The van der Waals surface area contributed by atoms with Gasteiger partial charge in [-0.15, -0.1) is 0 Å². The molecule has 0 aliphatic carbocycles. The predicted molar refractivity (Wildman–Crippen MR) is 60.5 cm³/mol. The maximum Gasteiger partial charge on any atom is 0.131 e. The van der Waals surface area contributed by atoms with Gasteiger partial charge in [-0.3, -0.25) is 0 Å². The number of aryl methyl sites for hydroxylation is 1. The third-order valence-electron chi connectivity index (χ3n) is 2.73. The Hall–Kier alpha value is -1.68. The van der Waals surface area contributed by atoms with E-state index in [1.54, 1.807) is 6.07 Å². The van der Waals surface area contributed by atoms with Gasteiger partial charge in [-0.1, -0.05) is 13.0 Å². The van der Waals surface area contributed by atoms with Gasteiger partial charge in [0.05, 0.1) is 12.3 Å². The van der Waals surface area contributed by atoms with Crippen molar-refractivity contribution < 1.29 is 13.2 Å². The second-order valence-corrected chi connectivity index (χ2v) is 3.80. The van der Waals surface area contributed by atoms with Gasteiger partial charge < -0.3 is 10.2 Å². The summed E-state index contributed by atoms with van der Waals surface area (Å²) in [6.45, 7) is 1.93. The SMILES string of the molecule is CCc1occc1C(N)c1ccc(F)cc1F. The van der Waals surface area contributed by atoms with E-state index in [2.05, 4.69) is 0 Å². The van der Waals surface area contributed by atoms with Crippen LogP contribution in [0.5, 0.6) is 0 Å². The van der Waals surface area contributed by atoms with Crippen LogP contribution in [0.3, 0.4) is 0 Å². The molecular weight excluding hydrogens is 224 g/mol. The summed E-state index contributed by atoms with van der Waals surface area (Å²) in [5, 5.41) is 0. The van der Waals surface area contributed by atoms with Gasteiger partial charge >= 0.3 is 0 Å². The van der Waals surface area contributed by atoms with Crippen molar-refractivity contribution in [2.75, 3.05) is 0 Å². The van der Waals surface area contributed by atoms with E-state index in [4.69, 9.17) is 10.2 Å². The lowest BCUT2D eigenvalue weighted by Crippen LogP contribution is -2.14. The van der Waals surface area contributed by atoms with Gasteiger partial charge in [0.1, 0.15) is 17.4 Å². The minimum atomic E-state index is -0.638. The number of halogens is 2. The molecule has 0 radical (unpaired) electrons. The standard InChI is InChI=1S/C13H13F2NO/c1-2-12-10(5-6-17-12)13(16)9-4-3-8(14)7-11(9)15/h3-7,13H,2,16H2,1H3. The van der Waals surface area contributed by atoms with Gasteiger partial charge in [0, 0.05) is 23.6 Å². The van der Waals surface area contributed by atoms with Crippen molar-refractivity contribution >= 4 is 0 Å². The molecule has 1 aromatic heterocycles. The summed E-state index contributed by atoms with van der Waals surface area (Å²) in [5.74, 6) is -0.525. The highest BCUT2D eigenvalue weighted by Crippen LogP contribution is 2.26. The lowest BCUT2D eigenvalue weighted by molar-refractivity contribution is 0.507. The van der Waals surface area contributed by atoms with Crippen LogP contribution in [0.2, 0.25) is 0 Å². The van der Waals surface area contributed by atoms with Gasteiger partial charge in [0.15, 0.2) is 0 Å². The van der Waals surface area contributed by atoms with Gasteiger partial charge in [-0.05, 0) is 12.1 Å². The lowest BCUT2D eigenvalue weighted by atomic mass is 9.99. The van der Waals surface area contributed by atoms with Crippen molar-refractivity contribution in [3.8, 4) is 0 Å². The number of hydrogen-bond acceptors (Lipinski definition) is 2. The van der Waals surface area contributed by atoms with E-state index in [0.717, 1.165) is 17.4 Å². The van der Waals surface area contributed by atoms with E-state index >= 15 is 0 Å². The normalized spacial score (nSPS) is 12.7. The fourth-order valence-corrected chi connectivity index (χ4v) is 1.84. The molecule has 0 bridgehead atoms. The summed E-state index contributed by atoms with van der Waals surface area (Å²) in [7, 11) is 0. The van der Waals surface area contributed by atoms with E-state index in [1.807, 2.05) is 6.92 Å². The number of nitrogens with two attached hydrogens (primary N) is 1. The average molecular weight is 237 g/mol. The van der Waals surface area contributed by atoms with Gasteiger partial charge in [-0.2, -0.15) is 0 Å². The quantitative estimate of drug-likeness (QED) is 0.890. The Bertz CT molecular complexity index is 522. The predicted octanol–water partition coefficient (Wildman–Crippen LogP) is 3.17. The Balaban J connectivity index is 2.40. The van der Waals surface area contributed by atoms with Crippen LogP contribution in [0.25, 0.3) is 0 Å². The van der Waals surface area contributed by atoms with E-state index in [0.29, 0.717) is 6.42 Å². The zero-order chi connectivity index (χ0) is 12.4. The summed E-state index contributed by atoms with van der Waals surface area (Å²) in [4.78, 5) is 0. The molecule has 2 nitrogen and oxygen atoms in total. The monoisotopic (exact) mass is 237 g/mol. The topological polar surface area (TPSA) is 39.2 Å². The molecule has 1 aromatic carbocycles. The third-order valence-corrected chi connectivity index (χ3v) is 2.73. The lowest BCUT2D eigenvalue weighted by Gasteiger charge is -2.12. The van der Waals surface area contributed by atoms with Crippen LogP contribution in [0.1, 0.15) is 29.9 Å². The molecule has 1 atom stereocenters. The Morgan fingerprint density at radius 2 is 2.00 bits per heavy atom. The third kappa shape index (κ3) is 2.22. The van der Waals surface area contributed by atoms with Crippen LogP contribution in [0.15, 0.2) is 34.9 Å². The molecule has 0 aliphatic rings. The molecule has 17 heavy (non-hydrogen) atoms. The van der Waals surface area contributed by atoms with Crippen LogP contribution in [-0.4, -0.2) is 0 Å². The van der Waals surface area contributed by atoms with E-state index < -0.39 is 17.7 Å². The van der Waals surface area contributed by atoms with Crippen molar-refractivity contribution in [2.24, 2.45) is 5.73 Å². The number of furan rings is 1. The Kier molecular flexibility index (Phi) is 3.24. The first kappa shape index (κ1) is 11.8. The number of hydrogen-bond donors (Lipinski definition) is 1. The van der Waals surface area contributed by atoms with Crippen LogP contribution in [0.4, 0.5) is 8.78 Å². The highest BCUT2D eigenvalue weighted by atomic mass is 19.1. The summed E-state index contributed by atoms with van der Waals surface area (Å²) >= 11 is 0. The summed E-state index contributed by atoms with van der Waals surface area (Å²) < 4.78 is 31.6. The fourth-order valence-electron chi connectivity index (χ4n) is 1.84. The maximum absolute atomic E-state index is 13.6. The highest BCUT2D eigenvalue weighted by Gasteiger charge is 2.18. The van der Waals surface area contributed by atoms with E-state index in [9.17, 15) is 8.78 Å². The Morgan fingerprint density at radius 1 is 1.24 bits per heavy atom. The van der Waals surface area contributed by atoms with Crippen molar-refractivity contribution in [3.63, 3.8) is 0 Å². The molecule has 4 heteroatoms. The molecular formula is C13H13F2NO. The molecule has 2 aromatic rings. The Morgan fingerprint density at radius 3 is 2.65 bits per heavy atom. The maximum atomic E-state index is 13.6. The minimum Gasteiger partial charge on any atom is -0.469 e. The molecule has 0 saturated carbocycles. The second-order valence-electron chi connectivity index (χ2n) is 3.80. The smallest absolute Gasteiger partial charge is 0.131 e. The number of rotatable bonds is 3. The van der Waals surface area contributed by atoms with Crippen molar-refractivity contribution in [1.29, 1.82) is 0 Å². The summed E-state index contributed by atoms with van der Waals surface area (Å²) in [6.07, 6.45) is 2.20. The van der Waals surface area contributed by atoms with Crippen LogP contribution in [-0.2, 0) is 6.42 Å². The van der Waals surface area contributed by atoms with Crippen molar-refractivity contribution in [3.05, 3.63) is 59.1 Å². The molecule has 0 amide bonds. The molecule has 0 aliphatic heterocycles. The van der Waals surface area contributed by atoms with E-state index in [1.165, 1.54) is 18.4 Å². The summed E-state index contributed by atoms with van der Waals surface area (Å²) in [5.41, 5.74) is 6.97. The molecule has 2 rings (SSSR count). The first-order valence-electron chi connectivity index (χ1n) is 5.40. The zero-order valence-electron chi connectivity index (χ0n) is 9.41. The largest absolute Gasteiger partial charge is 0.469 e. The number of benzene rings is 1. The average Bonchev–Trinajstić information content (AvgIpc) is 2.76. The Labute approximate surface area is 98.0 Å². The first-order valence-corrected chi connectivity index (χ1v) is 5.40. The highest BCUT2D eigenvalue weighted by molar-refractivity contribution is 5.33.